The summed E-state index contributed by atoms with van der Waals surface area (Å²) in [5.74, 6) is 0.775. The molecule has 68 valence electrons. The Morgan fingerprint density at radius 3 is 2.92 bits per heavy atom. The minimum Gasteiger partial charge on any atom is -0.330 e. The molecule has 12 heavy (non-hydrogen) atoms. The van der Waals surface area contributed by atoms with Crippen LogP contribution in [-0.4, -0.2) is 6.54 Å². The van der Waals surface area contributed by atoms with Gasteiger partial charge >= 0.3 is 0 Å². The van der Waals surface area contributed by atoms with Crippen LogP contribution in [0.2, 0.25) is 0 Å². The minimum atomic E-state index is 0.775. The van der Waals surface area contributed by atoms with Gasteiger partial charge in [0, 0.05) is 4.88 Å². The fourth-order valence-corrected chi connectivity index (χ4v) is 2.00. The molecule has 0 spiro atoms. The molecule has 0 aliphatic rings. The van der Waals surface area contributed by atoms with Gasteiger partial charge in [-0.2, -0.15) is 0 Å². The van der Waals surface area contributed by atoms with Crippen molar-refractivity contribution in [3.63, 3.8) is 0 Å². The topological polar surface area (TPSA) is 26.0 Å². The van der Waals surface area contributed by atoms with Crippen LogP contribution in [0.15, 0.2) is 17.5 Å². The Balaban J connectivity index is 2.17. The standard InChI is InChI=1S/C10H17NS/c1-9(6-7-11)4-5-10-3-2-8-12-10/h2-3,8-9H,4-7,11H2,1H3. The van der Waals surface area contributed by atoms with Crippen LogP contribution in [0.4, 0.5) is 0 Å². The van der Waals surface area contributed by atoms with Crippen LogP contribution in [0.5, 0.6) is 0 Å². The van der Waals surface area contributed by atoms with Crippen molar-refractivity contribution in [2.24, 2.45) is 11.7 Å². The Labute approximate surface area is 78.6 Å². The quantitative estimate of drug-likeness (QED) is 0.746. The highest BCUT2D eigenvalue weighted by atomic mass is 32.1. The summed E-state index contributed by atoms with van der Waals surface area (Å²) < 4.78 is 0. The maximum atomic E-state index is 5.48. The van der Waals surface area contributed by atoms with E-state index in [2.05, 4.69) is 24.4 Å². The first-order chi connectivity index (χ1) is 5.83. The van der Waals surface area contributed by atoms with E-state index in [0.29, 0.717) is 0 Å². The molecule has 0 amide bonds. The molecule has 1 aromatic rings. The lowest BCUT2D eigenvalue weighted by atomic mass is 10.0. The summed E-state index contributed by atoms with van der Waals surface area (Å²) in [5.41, 5.74) is 5.48. The third kappa shape index (κ3) is 3.37. The van der Waals surface area contributed by atoms with E-state index in [1.807, 2.05) is 11.3 Å². The minimum absolute atomic E-state index is 0.775. The van der Waals surface area contributed by atoms with Crippen molar-refractivity contribution in [2.45, 2.75) is 26.2 Å². The molecule has 0 bridgehead atoms. The molecule has 0 radical (unpaired) electrons. The summed E-state index contributed by atoms with van der Waals surface area (Å²) >= 11 is 1.85. The molecule has 0 aromatic carbocycles. The fraction of sp³-hybridized carbons (Fsp3) is 0.600. The second-order valence-corrected chi connectivity index (χ2v) is 4.33. The normalized spacial score (nSPS) is 13.2. The van der Waals surface area contributed by atoms with Crippen molar-refractivity contribution < 1.29 is 0 Å². The van der Waals surface area contributed by atoms with Gasteiger partial charge in [-0.3, -0.25) is 0 Å². The third-order valence-electron chi connectivity index (χ3n) is 2.12. The van der Waals surface area contributed by atoms with Crippen molar-refractivity contribution in [1.82, 2.24) is 0 Å². The van der Waals surface area contributed by atoms with Crippen LogP contribution in [-0.2, 0) is 6.42 Å². The van der Waals surface area contributed by atoms with Crippen molar-refractivity contribution in [2.75, 3.05) is 6.54 Å². The molecule has 1 unspecified atom stereocenters. The Bertz CT molecular complexity index is 194. The highest BCUT2D eigenvalue weighted by Crippen LogP contribution is 2.15. The third-order valence-corrected chi connectivity index (χ3v) is 3.06. The van der Waals surface area contributed by atoms with Gasteiger partial charge in [0.1, 0.15) is 0 Å². The smallest absolute Gasteiger partial charge is 0.00453 e. The first kappa shape index (κ1) is 9.75. The van der Waals surface area contributed by atoms with Crippen molar-refractivity contribution in [3.05, 3.63) is 22.4 Å². The maximum absolute atomic E-state index is 5.48. The highest BCUT2D eigenvalue weighted by Gasteiger charge is 2.01. The molecule has 0 aliphatic carbocycles. The van der Waals surface area contributed by atoms with Crippen LogP contribution in [0.1, 0.15) is 24.6 Å². The van der Waals surface area contributed by atoms with E-state index in [1.165, 1.54) is 17.7 Å². The van der Waals surface area contributed by atoms with Crippen molar-refractivity contribution in [1.29, 1.82) is 0 Å². The molecule has 0 fully saturated rings. The van der Waals surface area contributed by atoms with Gasteiger partial charge in [0.15, 0.2) is 0 Å². The zero-order valence-electron chi connectivity index (χ0n) is 7.62. The fourth-order valence-electron chi connectivity index (χ4n) is 1.27. The van der Waals surface area contributed by atoms with Crippen LogP contribution < -0.4 is 5.73 Å². The SMILES string of the molecule is CC(CCN)CCc1cccs1. The number of aryl methyl sites for hydroxylation is 1. The lowest BCUT2D eigenvalue weighted by Gasteiger charge is -2.07. The Morgan fingerprint density at radius 1 is 1.50 bits per heavy atom. The Morgan fingerprint density at radius 2 is 2.33 bits per heavy atom. The number of hydrogen-bond acceptors (Lipinski definition) is 2. The van der Waals surface area contributed by atoms with Gasteiger partial charge in [0.05, 0.1) is 0 Å². The number of rotatable bonds is 5. The van der Waals surface area contributed by atoms with Crippen molar-refractivity contribution >= 4 is 11.3 Å². The first-order valence-electron chi connectivity index (χ1n) is 4.55. The number of nitrogens with two attached hydrogens (primary N) is 1. The predicted molar refractivity (Wildman–Crippen MR) is 55.5 cm³/mol. The Kier molecular flexibility index (Phi) is 4.33. The summed E-state index contributed by atoms with van der Waals surface area (Å²) in [4.78, 5) is 1.50. The van der Waals surface area contributed by atoms with Crippen LogP contribution in [0, 0.1) is 5.92 Å². The van der Waals surface area contributed by atoms with Crippen LogP contribution in [0.3, 0.4) is 0 Å². The van der Waals surface area contributed by atoms with Crippen LogP contribution in [0.25, 0.3) is 0 Å². The molecular weight excluding hydrogens is 166 g/mol. The van der Waals surface area contributed by atoms with E-state index < -0.39 is 0 Å². The summed E-state index contributed by atoms with van der Waals surface area (Å²) in [6, 6.07) is 4.33. The van der Waals surface area contributed by atoms with Gasteiger partial charge in [-0.1, -0.05) is 13.0 Å². The molecule has 0 aliphatic heterocycles. The first-order valence-corrected chi connectivity index (χ1v) is 5.43. The molecular formula is C10H17NS. The van der Waals surface area contributed by atoms with Gasteiger partial charge in [0.25, 0.3) is 0 Å². The monoisotopic (exact) mass is 183 g/mol. The Hall–Kier alpha value is -0.340. The summed E-state index contributed by atoms with van der Waals surface area (Å²) in [5, 5.41) is 2.14. The number of hydrogen-bond donors (Lipinski definition) is 1. The number of thiophene rings is 1. The molecule has 1 nitrogen and oxygen atoms in total. The van der Waals surface area contributed by atoms with Gasteiger partial charge in [-0.25, -0.2) is 0 Å². The van der Waals surface area contributed by atoms with E-state index in [0.717, 1.165) is 18.9 Å². The molecule has 1 aromatic heterocycles. The lowest BCUT2D eigenvalue weighted by Crippen LogP contribution is -2.06. The van der Waals surface area contributed by atoms with Crippen molar-refractivity contribution in [3.8, 4) is 0 Å². The zero-order valence-corrected chi connectivity index (χ0v) is 8.44. The van der Waals surface area contributed by atoms with E-state index in [-0.39, 0.29) is 0 Å². The van der Waals surface area contributed by atoms with Crippen LogP contribution >= 0.6 is 11.3 Å². The average molecular weight is 183 g/mol. The maximum Gasteiger partial charge on any atom is 0.00453 e. The van der Waals surface area contributed by atoms with E-state index in [9.17, 15) is 0 Å². The predicted octanol–water partition coefficient (Wildman–Crippen LogP) is 2.67. The second kappa shape index (κ2) is 5.33. The van der Waals surface area contributed by atoms with Gasteiger partial charge in [-0.05, 0) is 43.2 Å². The molecule has 2 N–H and O–H groups in total. The largest absolute Gasteiger partial charge is 0.330 e. The zero-order chi connectivity index (χ0) is 8.81. The van der Waals surface area contributed by atoms with Gasteiger partial charge in [-0.15, -0.1) is 11.3 Å². The molecule has 1 heterocycles. The average Bonchev–Trinajstić information content (AvgIpc) is 2.53. The molecule has 1 atom stereocenters. The summed E-state index contributed by atoms with van der Waals surface area (Å²) in [6.07, 6.45) is 3.65. The molecule has 1 rings (SSSR count). The van der Waals surface area contributed by atoms with Gasteiger partial charge < -0.3 is 5.73 Å². The molecule has 2 heteroatoms. The summed E-state index contributed by atoms with van der Waals surface area (Å²) in [6.45, 7) is 3.10. The second-order valence-electron chi connectivity index (χ2n) is 3.30. The van der Waals surface area contributed by atoms with Gasteiger partial charge in [0.2, 0.25) is 0 Å². The van der Waals surface area contributed by atoms with E-state index in [4.69, 9.17) is 5.73 Å². The highest BCUT2D eigenvalue weighted by molar-refractivity contribution is 7.09. The summed E-state index contributed by atoms with van der Waals surface area (Å²) in [7, 11) is 0. The van der Waals surface area contributed by atoms with E-state index in [1.54, 1.807) is 0 Å². The molecule has 0 saturated carbocycles. The lowest BCUT2D eigenvalue weighted by molar-refractivity contribution is 0.501. The van der Waals surface area contributed by atoms with E-state index >= 15 is 0 Å². The molecule has 0 saturated heterocycles.